The van der Waals surface area contributed by atoms with Gasteiger partial charge in [-0.05, 0) is 30.9 Å². The van der Waals surface area contributed by atoms with Gasteiger partial charge in [-0.3, -0.25) is 9.78 Å². The molecule has 6 heteroatoms. The van der Waals surface area contributed by atoms with Gasteiger partial charge in [0.15, 0.2) is 0 Å². The summed E-state index contributed by atoms with van der Waals surface area (Å²) in [5, 5.41) is 4.35. The fourth-order valence-corrected chi connectivity index (χ4v) is 3.98. The van der Waals surface area contributed by atoms with Crippen LogP contribution in [0.3, 0.4) is 0 Å². The van der Waals surface area contributed by atoms with E-state index in [1.165, 1.54) is 31.7 Å². The number of pyridine rings is 2. The molecule has 0 unspecified atom stereocenters. The Kier molecular flexibility index (Phi) is 5.37. The number of hydrogen-bond donors (Lipinski definition) is 0. The number of nitrogens with zero attached hydrogens (tertiary/aromatic N) is 4. The third kappa shape index (κ3) is 3.91. The molecule has 146 valence electrons. The van der Waals surface area contributed by atoms with Crippen molar-refractivity contribution < 1.29 is 4.39 Å². The van der Waals surface area contributed by atoms with Gasteiger partial charge in [0.2, 0.25) is 0 Å². The van der Waals surface area contributed by atoms with Crippen LogP contribution in [0.25, 0.3) is 16.8 Å². The Labute approximate surface area is 163 Å². The highest BCUT2D eigenvalue weighted by atomic mass is 19.1. The number of halogens is 1. The van der Waals surface area contributed by atoms with Crippen LogP contribution >= 0.6 is 0 Å². The van der Waals surface area contributed by atoms with Crippen LogP contribution in [0.2, 0.25) is 0 Å². The van der Waals surface area contributed by atoms with Crippen LogP contribution in [0.15, 0.2) is 47.8 Å². The van der Waals surface area contributed by atoms with Crippen molar-refractivity contribution in [1.82, 2.24) is 19.3 Å². The second kappa shape index (κ2) is 8.09. The summed E-state index contributed by atoms with van der Waals surface area (Å²) in [5.41, 5.74) is 2.68. The van der Waals surface area contributed by atoms with Gasteiger partial charge in [-0.2, -0.15) is 5.10 Å². The lowest BCUT2D eigenvalue weighted by Crippen LogP contribution is -2.19. The van der Waals surface area contributed by atoms with Crippen LogP contribution in [-0.2, 0) is 13.0 Å². The van der Waals surface area contributed by atoms with Crippen molar-refractivity contribution >= 4 is 0 Å². The number of aromatic nitrogens is 4. The summed E-state index contributed by atoms with van der Waals surface area (Å²) < 4.78 is 18.0. The first-order valence-electron chi connectivity index (χ1n) is 10.0. The Morgan fingerprint density at radius 3 is 2.75 bits per heavy atom. The lowest BCUT2D eigenvalue weighted by molar-refractivity contribution is 0.534. The standard InChI is InChI=1S/C22H25FN4O/c1-2-9-26-15-19(7-8-22(26)28)27-14-17(12-25-27)20-13-24-18(11-21(20)23)10-16-5-3-4-6-16/h7-8,11-16H,2-6,9-10H2,1H3. The molecule has 0 aromatic carbocycles. The van der Waals surface area contributed by atoms with Gasteiger partial charge in [0, 0.05) is 48.0 Å². The fraction of sp³-hybridized carbons (Fsp3) is 0.409. The molecule has 1 aliphatic carbocycles. The predicted molar refractivity (Wildman–Crippen MR) is 107 cm³/mol. The molecule has 0 amide bonds. The Morgan fingerprint density at radius 1 is 1.18 bits per heavy atom. The van der Waals surface area contributed by atoms with Gasteiger partial charge in [-0.1, -0.05) is 32.6 Å². The summed E-state index contributed by atoms with van der Waals surface area (Å²) in [7, 11) is 0. The van der Waals surface area contributed by atoms with Crippen LogP contribution < -0.4 is 5.56 Å². The lowest BCUT2D eigenvalue weighted by Gasteiger charge is -2.09. The minimum Gasteiger partial charge on any atom is -0.313 e. The third-order valence-corrected chi connectivity index (χ3v) is 5.47. The number of hydrogen-bond acceptors (Lipinski definition) is 3. The van der Waals surface area contributed by atoms with Gasteiger partial charge in [0.1, 0.15) is 5.82 Å². The first-order valence-corrected chi connectivity index (χ1v) is 10.0. The van der Waals surface area contributed by atoms with E-state index in [9.17, 15) is 9.18 Å². The smallest absolute Gasteiger partial charge is 0.250 e. The maximum Gasteiger partial charge on any atom is 0.250 e. The summed E-state index contributed by atoms with van der Waals surface area (Å²) in [6, 6.07) is 4.82. The molecule has 0 bridgehead atoms. The Balaban J connectivity index is 1.57. The van der Waals surface area contributed by atoms with Crippen molar-refractivity contribution in [1.29, 1.82) is 0 Å². The summed E-state index contributed by atoms with van der Waals surface area (Å²) in [4.78, 5) is 16.4. The molecule has 5 nitrogen and oxygen atoms in total. The molecule has 1 saturated carbocycles. The molecule has 0 saturated heterocycles. The molecule has 1 fully saturated rings. The van der Waals surface area contributed by atoms with E-state index >= 15 is 0 Å². The molecular formula is C22H25FN4O. The Bertz CT molecular complexity index is 1020. The van der Waals surface area contributed by atoms with Crippen LogP contribution in [0, 0.1) is 11.7 Å². The number of rotatable bonds is 6. The topological polar surface area (TPSA) is 52.7 Å². The van der Waals surface area contributed by atoms with Gasteiger partial charge < -0.3 is 4.57 Å². The van der Waals surface area contributed by atoms with Gasteiger partial charge in [-0.25, -0.2) is 9.07 Å². The molecule has 0 spiro atoms. The fourth-order valence-electron chi connectivity index (χ4n) is 3.98. The van der Waals surface area contributed by atoms with Crippen molar-refractivity contribution in [2.45, 2.75) is 52.0 Å². The third-order valence-electron chi connectivity index (χ3n) is 5.47. The van der Waals surface area contributed by atoms with Crippen molar-refractivity contribution in [3.63, 3.8) is 0 Å². The summed E-state index contributed by atoms with van der Waals surface area (Å²) in [6.07, 6.45) is 13.5. The minimum atomic E-state index is -0.265. The van der Waals surface area contributed by atoms with Crippen LogP contribution in [-0.4, -0.2) is 19.3 Å². The van der Waals surface area contributed by atoms with Crippen molar-refractivity contribution in [2.24, 2.45) is 5.92 Å². The quantitative estimate of drug-likeness (QED) is 0.638. The molecule has 4 rings (SSSR count). The van der Waals surface area contributed by atoms with Crippen LogP contribution in [0.4, 0.5) is 4.39 Å². The predicted octanol–water partition coefficient (Wildman–Crippen LogP) is 4.38. The van der Waals surface area contributed by atoms with Crippen molar-refractivity contribution in [3.8, 4) is 16.8 Å². The van der Waals surface area contributed by atoms with E-state index in [-0.39, 0.29) is 11.4 Å². The van der Waals surface area contributed by atoms with Gasteiger partial charge >= 0.3 is 0 Å². The zero-order chi connectivity index (χ0) is 19.5. The maximum atomic E-state index is 14.7. The van der Waals surface area contributed by atoms with Crippen molar-refractivity contribution in [2.75, 3.05) is 0 Å². The van der Waals surface area contributed by atoms with E-state index in [2.05, 4.69) is 10.1 Å². The van der Waals surface area contributed by atoms with Crippen LogP contribution in [0.5, 0.6) is 0 Å². The van der Waals surface area contributed by atoms with Gasteiger partial charge in [-0.15, -0.1) is 0 Å². The van der Waals surface area contributed by atoms with E-state index < -0.39 is 0 Å². The second-order valence-electron chi connectivity index (χ2n) is 7.60. The summed E-state index contributed by atoms with van der Waals surface area (Å²) >= 11 is 0. The molecule has 3 heterocycles. The molecule has 28 heavy (non-hydrogen) atoms. The summed E-state index contributed by atoms with van der Waals surface area (Å²) in [6.45, 7) is 2.68. The van der Waals surface area contributed by atoms with E-state index in [1.807, 2.05) is 6.92 Å². The molecule has 0 N–H and O–H groups in total. The highest BCUT2D eigenvalue weighted by molar-refractivity contribution is 5.62. The van der Waals surface area contributed by atoms with Crippen LogP contribution in [0.1, 0.15) is 44.7 Å². The largest absolute Gasteiger partial charge is 0.313 e. The Morgan fingerprint density at radius 2 is 2.00 bits per heavy atom. The molecule has 0 radical (unpaired) electrons. The monoisotopic (exact) mass is 380 g/mol. The van der Waals surface area contributed by atoms with Gasteiger partial charge in [0.25, 0.3) is 5.56 Å². The van der Waals surface area contributed by atoms with E-state index in [4.69, 9.17) is 0 Å². The SMILES string of the molecule is CCCn1cc(-n2cc(-c3cnc(CC4CCCC4)cc3F)cn2)ccc1=O. The molecule has 1 aliphatic rings. The minimum absolute atomic E-state index is 0.0360. The molecular weight excluding hydrogens is 355 g/mol. The highest BCUT2D eigenvalue weighted by Gasteiger charge is 2.17. The average molecular weight is 380 g/mol. The van der Waals surface area contributed by atoms with E-state index in [0.717, 1.165) is 24.2 Å². The molecule has 3 aromatic rings. The first kappa shape index (κ1) is 18.6. The number of aryl methyl sites for hydroxylation is 1. The normalized spacial score (nSPS) is 14.6. The van der Waals surface area contributed by atoms with E-state index in [0.29, 0.717) is 23.6 Å². The van der Waals surface area contributed by atoms with Gasteiger partial charge in [0.05, 0.1) is 11.9 Å². The summed E-state index contributed by atoms with van der Waals surface area (Å²) in [5.74, 6) is 0.373. The lowest BCUT2D eigenvalue weighted by atomic mass is 10.0. The molecule has 3 aromatic heterocycles. The molecule has 0 atom stereocenters. The van der Waals surface area contributed by atoms with E-state index in [1.54, 1.807) is 46.2 Å². The Hall–Kier alpha value is -2.76. The zero-order valence-corrected chi connectivity index (χ0v) is 16.1. The zero-order valence-electron chi connectivity index (χ0n) is 16.1. The van der Waals surface area contributed by atoms with Crippen molar-refractivity contribution in [3.05, 3.63) is 64.9 Å². The maximum absolute atomic E-state index is 14.7. The molecule has 0 aliphatic heterocycles. The highest BCUT2D eigenvalue weighted by Crippen LogP contribution is 2.29. The second-order valence-corrected chi connectivity index (χ2v) is 7.60. The first-order chi connectivity index (χ1) is 13.6. The average Bonchev–Trinajstić information content (AvgIpc) is 3.36.